The van der Waals surface area contributed by atoms with Crippen LogP contribution in [0.1, 0.15) is 27.9 Å². The fraction of sp³-hybridized carbons (Fsp3) is 0.364. The first-order valence-corrected chi connectivity index (χ1v) is 10.4. The summed E-state index contributed by atoms with van der Waals surface area (Å²) in [6.45, 7) is 2.71. The van der Waals surface area contributed by atoms with E-state index in [2.05, 4.69) is 12.1 Å². The summed E-state index contributed by atoms with van der Waals surface area (Å²) in [5, 5.41) is 9.25. The van der Waals surface area contributed by atoms with Crippen molar-refractivity contribution in [1.82, 2.24) is 9.96 Å². The SMILES string of the molecule is N=C(N)N1CCC(COc2cc(Cl)cc(C(=O)N3CCc4ccccc4C3)c2)CO1. The largest absolute Gasteiger partial charge is 0.493 e. The normalized spacial score (nSPS) is 18.6. The van der Waals surface area contributed by atoms with Gasteiger partial charge in [-0.25, -0.2) is 5.06 Å². The van der Waals surface area contributed by atoms with Gasteiger partial charge in [-0.3, -0.25) is 15.0 Å². The monoisotopic (exact) mass is 428 g/mol. The fourth-order valence-electron chi connectivity index (χ4n) is 3.80. The maximum atomic E-state index is 13.1. The second-order valence-electron chi connectivity index (χ2n) is 7.67. The van der Waals surface area contributed by atoms with E-state index in [-0.39, 0.29) is 17.8 Å². The summed E-state index contributed by atoms with van der Waals surface area (Å²) in [7, 11) is 0. The molecule has 2 aliphatic heterocycles. The average molecular weight is 429 g/mol. The molecule has 1 amide bonds. The number of benzene rings is 2. The maximum Gasteiger partial charge on any atom is 0.254 e. The van der Waals surface area contributed by atoms with E-state index in [9.17, 15) is 4.79 Å². The molecule has 0 radical (unpaired) electrons. The molecule has 0 saturated carbocycles. The number of hydroxylamine groups is 2. The number of nitrogens with zero attached hydrogens (tertiary/aromatic N) is 2. The van der Waals surface area contributed by atoms with Gasteiger partial charge in [-0.2, -0.15) is 0 Å². The van der Waals surface area contributed by atoms with Gasteiger partial charge in [0.25, 0.3) is 5.91 Å². The predicted molar refractivity (Wildman–Crippen MR) is 115 cm³/mol. The van der Waals surface area contributed by atoms with Gasteiger partial charge in [0.15, 0.2) is 0 Å². The van der Waals surface area contributed by atoms with Crippen molar-refractivity contribution >= 4 is 23.5 Å². The Hall–Kier alpha value is -2.77. The van der Waals surface area contributed by atoms with Gasteiger partial charge in [-0.15, -0.1) is 0 Å². The lowest BCUT2D eigenvalue weighted by atomic mass is 9.99. The Labute approximate surface area is 180 Å². The van der Waals surface area contributed by atoms with Crippen LogP contribution in [0.15, 0.2) is 42.5 Å². The van der Waals surface area contributed by atoms with Crippen molar-refractivity contribution < 1.29 is 14.4 Å². The quantitative estimate of drug-likeness (QED) is 0.576. The number of amides is 1. The minimum absolute atomic E-state index is 0.0463. The van der Waals surface area contributed by atoms with Gasteiger partial charge in [-0.1, -0.05) is 35.9 Å². The first-order valence-electron chi connectivity index (χ1n) is 10.0. The van der Waals surface area contributed by atoms with Gasteiger partial charge in [0, 0.05) is 36.1 Å². The standard InChI is InChI=1S/C22H25ClN4O3/c23-19-9-18(21(28)26-7-6-16-3-1-2-4-17(16)12-26)10-20(11-19)29-13-15-5-8-27(22(24)25)30-14-15/h1-4,9-11,15H,5-8,12-14H2,(H3,24,25). The summed E-state index contributed by atoms with van der Waals surface area (Å²) in [5.74, 6) is 0.609. The molecular formula is C22H25ClN4O3. The number of nitrogens with two attached hydrogens (primary N) is 1. The third-order valence-corrected chi connectivity index (χ3v) is 5.72. The molecule has 4 rings (SSSR count). The van der Waals surface area contributed by atoms with Gasteiger partial charge >= 0.3 is 0 Å². The Balaban J connectivity index is 1.39. The Kier molecular flexibility index (Phi) is 6.11. The second kappa shape index (κ2) is 8.93. The summed E-state index contributed by atoms with van der Waals surface area (Å²) in [6, 6.07) is 13.4. The Morgan fingerprint density at radius 2 is 2.03 bits per heavy atom. The molecule has 0 spiro atoms. The zero-order chi connectivity index (χ0) is 21.1. The van der Waals surface area contributed by atoms with E-state index in [1.165, 1.54) is 16.2 Å². The van der Waals surface area contributed by atoms with Crippen molar-refractivity contribution in [2.75, 3.05) is 26.3 Å². The number of fused-ring (bicyclic) bond motifs is 1. The van der Waals surface area contributed by atoms with Crippen LogP contribution in [0.25, 0.3) is 0 Å². The number of hydrogen-bond donors (Lipinski definition) is 2. The highest BCUT2D eigenvalue weighted by atomic mass is 35.5. The molecule has 8 heteroatoms. The van der Waals surface area contributed by atoms with Crippen molar-refractivity contribution in [2.45, 2.75) is 19.4 Å². The Bertz CT molecular complexity index is 944. The summed E-state index contributed by atoms with van der Waals surface area (Å²) in [6.07, 6.45) is 1.66. The van der Waals surface area contributed by atoms with Crippen molar-refractivity contribution in [3.8, 4) is 5.75 Å². The van der Waals surface area contributed by atoms with Gasteiger partial charge in [-0.05, 0) is 42.2 Å². The number of guanidine groups is 1. The van der Waals surface area contributed by atoms with Crippen LogP contribution in [0.3, 0.4) is 0 Å². The number of nitrogens with one attached hydrogen (secondary N) is 1. The van der Waals surface area contributed by atoms with Crippen LogP contribution in [0, 0.1) is 11.3 Å². The second-order valence-corrected chi connectivity index (χ2v) is 8.11. The summed E-state index contributed by atoms with van der Waals surface area (Å²) >= 11 is 6.27. The molecule has 158 valence electrons. The van der Waals surface area contributed by atoms with E-state index >= 15 is 0 Å². The molecule has 1 fully saturated rings. The van der Waals surface area contributed by atoms with E-state index in [0.29, 0.717) is 49.2 Å². The lowest BCUT2D eigenvalue weighted by Crippen LogP contribution is -2.43. The summed E-state index contributed by atoms with van der Waals surface area (Å²) in [5.41, 5.74) is 8.45. The van der Waals surface area contributed by atoms with Crippen molar-refractivity contribution in [1.29, 1.82) is 5.41 Å². The highest BCUT2D eigenvalue weighted by Gasteiger charge is 2.24. The van der Waals surface area contributed by atoms with Gasteiger partial charge < -0.3 is 15.4 Å². The smallest absolute Gasteiger partial charge is 0.254 e. The van der Waals surface area contributed by atoms with E-state index in [1.54, 1.807) is 18.2 Å². The number of halogens is 1. The molecule has 0 aliphatic carbocycles. The molecule has 0 bridgehead atoms. The van der Waals surface area contributed by atoms with Crippen LogP contribution in [0.5, 0.6) is 5.75 Å². The minimum Gasteiger partial charge on any atom is -0.493 e. The highest BCUT2D eigenvalue weighted by molar-refractivity contribution is 6.31. The van der Waals surface area contributed by atoms with Crippen LogP contribution >= 0.6 is 11.6 Å². The molecule has 2 aromatic carbocycles. The van der Waals surface area contributed by atoms with E-state index in [4.69, 9.17) is 32.3 Å². The van der Waals surface area contributed by atoms with Crippen LogP contribution < -0.4 is 10.5 Å². The molecule has 3 N–H and O–H groups in total. The third-order valence-electron chi connectivity index (χ3n) is 5.50. The topological polar surface area (TPSA) is 91.9 Å². The molecule has 2 aromatic rings. The van der Waals surface area contributed by atoms with Crippen LogP contribution in [0.4, 0.5) is 0 Å². The molecule has 30 heavy (non-hydrogen) atoms. The molecule has 0 aromatic heterocycles. The van der Waals surface area contributed by atoms with Crippen molar-refractivity contribution in [3.63, 3.8) is 0 Å². The molecular weight excluding hydrogens is 404 g/mol. The van der Waals surface area contributed by atoms with E-state index in [0.717, 1.165) is 12.8 Å². The molecule has 2 aliphatic rings. The predicted octanol–water partition coefficient (Wildman–Crippen LogP) is 3.06. The average Bonchev–Trinajstić information content (AvgIpc) is 2.76. The first kappa shape index (κ1) is 20.5. The van der Waals surface area contributed by atoms with Crippen LogP contribution in [-0.2, 0) is 17.8 Å². The molecule has 1 unspecified atom stereocenters. The zero-order valence-electron chi connectivity index (χ0n) is 16.6. The maximum absolute atomic E-state index is 13.1. The summed E-state index contributed by atoms with van der Waals surface area (Å²) in [4.78, 5) is 20.4. The first-order chi connectivity index (χ1) is 14.5. The van der Waals surface area contributed by atoms with Crippen molar-refractivity contribution in [3.05, 3.63) is 64.2 Å². The number of hydrogen-bond acceptors (Lipinski definition) is 4. The number of ether oxygens (including phenoxy) is 1. The third kappa shape index (κ3) is 4.68. The molecule has 1 atom stereocenters. The van der Waals surface area contributed by atoms with E-state index < -0.39 is 0 Å². The lowest BCUT2D eigenvalue weighted by Gasteiger charge is -2.31. The minimum atomic E-state index is -0.0901. The fourth-order valence-corrected chi connectivity index (χ4v) is 4.02. The number of carbonyl (C=O) groups excluding carboxylic acids is 1. The van der Waals surface area contributed by atoms with Crippen LogP contribution in [0.2, 0.25) is 5.02 Å². The number of carbonyl (C=O) groups is 1. The molecule has 2 heterocycles. The van der Waals surface area contributed by atoms with Crippen molar-refractivity contribution in [2.24, 2.45) is 11.7 Å². The Morgan fingerprint density at radius 3 is 2.77 bits per heavy atom. The van der Waals surface area contributed by atoms with Gasteiger partial charge in [0.05, 0.1) is 13.2 Å². The van der Waals surface area contributed by atoms with Gasteiger partial charge in [0.1, 0.15) is 5.75 Å². The highest BCUT2D eigenvalue weighted by Crippen LogP contribution is 2.26. The van der Waals surface area contributed by atoms with Crippen LogP contribution in [-0.4, -0.2) is 48.1 Å². The lowest BCUT2D eigenvalue weighted by molar-refractivity contribution is -0.149. The molecule has 7 nitrogen and oxygen atoms in total. The van der Waals surface area contributed by atoms with Gasteiger partial charge in [0.2, 0.25) is 5.96 Å². The zero-order valence-corrected chi connectivity index (χ0v) is 17.4. The number of rotatable bonds is 4. The molecule has 1 saturated heterocycles. The Morgan fingerprint density at radius 1 is 1.23 bits per heavy atom. The summed E-state index contributed by atoms with van der Waals surface area (Å²) < 4.78 is 5.92. The van der Waals surface area contributed by atoms with E-state index in [1.807, 2.05) is 17.0 Å².